The molecule has 3 aromatic carbocycles. The molecular weight excluding hydrogens is 408 g/mol. The molecule has 0 aliphatic rings. The second-order valence-electron chi connectivity index (χ2n) is 7.61. The summed E-state index contributed by atoms with van der Waals surface area (Å²) >= 11 is 0. The Hall–Kier alpha value is -3.38. The molecule has 0 fully saturated rings. The van der Waals surface area contributed by atoms with E-state index in [9.17, 15) is 13.2 Å². The quantitative estimate of drug-likeness (QED) is 0.522. The van der Waals surface area contributed by atoms with Gasteiger partial charge >= 0.3 is 0 Å². The first-order valence-electron chi connectivity index (χ1n) is 9.91. The predicted molar refractivity (Wildman–Crippen MR) is 126 cm³/mol. The standard InChI is InChI=1S/C25H26N2O3S/c1-25(21-9-5-3-6-10-21,22-11-7-4-8-12-22)19-26-24(28)18-15-20-13-16-23(17-14-20)27-31(2,29)30/h3-18,27H,19H2,1-2H3,(H,26,28)/b18-15+. The van der Waals surface area contributed by atoms with Crippen molar-refractivity contribution >= 4 is 27.7 Å². The van der Waals surface area contributed by atoms with Crippen LogP contribution in [0.25, 0.3) is 6.08 Å². The van der Waals surface area contributed by atoms with Gasteiger partial charge in [0.25, 0.3) is 0 Å². The molecule has 0 atom stereocenters. The molecular formula is C25H26N2O3S. The summed E-state index contributed by atoms with van der Waals surface area (Å²) in [5.74, 6) is -0.198. The molecule has 5 nitrogen and oxygen atoms in total. The first kappa shape index (κ1) is 22.3. The Labute approximate surface area is 183 Å². The van der Waals surface area contributed by atoms with Crippen molar-refractivity contribution in [1.29, 1.82) is 0 Å². The number of benzene rings is 3. The smallest absolute Gasteiger partial charge is 0.244 e. The number of sulfonamides is 1. The number of carbonyl (C=O) groups is 1. The van der Waals surface area contributed by atoms with E-state index < -0.39 is 10.0 Å². The van der Waals surface area contributed by atoms with E-state index >= 15 is 0 Å². The molecule has 0 bridgehead atoms. The molecule has 3 aromatic rings. The van der Waals surface area contributed by atoms with Crippen molar-refractivity contribution in [3.8, 4) is 0 Å². The summed E-state index contributed by atoms with van der Waals surface area (Å²) in [5.41, 5.74) is 3.15. The van der Waals surface area contributed by atoms with Crippen LogP contribution in [-0.4, -0.2) is 27.1 Å². The fraction of sp³-hybridized carbons (Fsp3) is 0.160. The monoisotopic (exact) mass is 434 g/mol. The van der Waals surface area contributed by atoms with Gasteiger partial charge in [-0.1, -0.05) is 72.8 Å². The Balaban J connectivity index is 1.69. The molecule has 0 spiro atoms. The molecule has 0 saturated carbocycles. The summed E-state index contributed by atoms with van der Waals surface area (Å²) in [5, 5.41) is 3.02. The molecule has 1 amide bonds. The largest absolute Gasteiger partial charge is 0.351 e. The number of hydrogen-bond donors (Lipinski definition) is 2. The van der Waals surface area contributed by atoms with Crippen molar-refractivity contribution in [2.75, 3.05) is 17.5 Å². The SMILES string of the molecule is CC(CNC(=O)/C=C/c1ccc(NS(C)(=O)=O)cc1)(c1ccccc1)c1ccccc1. The maximum absolute atomic E-state index is 12.5. The van der Waals surface area contributed by atoms with E-state index in [1.54, 1.807) is 30.3 Å². The lowest BCUT2D eigenvalue weighted by molar-refractivity contribution is -0.116. The lowest BCUT2D eigenvalue weighted by Gasteiger charge is -2.31. The average molecular weight is 435 g/mol. The van der Waals surface area contributed by atoms with Gasteiger partial charge in [0.2, 0.25) is 15.9 Å². The summed E-state index contributed by atoms with van der Waals surface area (Å²) < 4.78 is 25.0. The number of carbonyl (C=O) groups excluding carboxylic acids is 1. The molecule has 3 rings (SSSR count). The molecule has 6 heteroatoms. The first-order valence-corrected chi connectivity index (χ1v) is 11.8. The molecule has 0 unspecified atom stereocenters. The number of hydrogen-bond acceptors (Lipinski definition) is 3. The molecule has 0 heterocycles. The third-order valence-corrected chi connectivity index (χ3v) is 5.69. The van der Waals surface area contributed by atoms with Crippen LogP contribution in [0, 0.1) is 0 Å². The second kappa shape index (κ2) is 9.62. The predicted octanol–water partition coefficient (Wildman–Crippen LogP) is 4.19. The third-order valence-electron chi connectivity index (χ3n) is 5.08. The van der Waals surface area contributed by atoms with Crippen LogP contribution in [0.3, 0.4) is 0 Å². The van der Waals surface area contributed by atoms with Gasteiger partial charge in [-0.2, -0.15) is 0 Å². The third kappa shape index (κ3) is 6.30. The number of rotatable bonds is 8. The Kier molecular flexibility index (Phi) is 6.92. The van der Waals surface area contributed by atoms with Crippen LogP contribution in [0.4, 0.5) is 5.69 Å². The molecule has 2 N–H and O–H groups in total. The molecule has 0 radical (unpaired) electrons. The highest BCUT2D eigenvalue weighted by Gasteiger charge is 2.28. The Morgan fingerprint density at radius 2 is 1.39 bits per heavy atom. The minimum Gasteiger partial charge on any atom is -0.351 e. The minimum atomic E-state index is -3.32. The van der Waals surface area contributed by atoms with E-state index in [4.69, 9.17) is 0 Å². The van der Waals surface area contributed by atoms with Gasteiger partial charge in [0.05, 0.1) is 6.26 Å². The average Bonchev–Trinajstić information content (AvgIpc) is 2.77. The van der Waals surface area contributed by atoms with Gasteiger partial charge in [-0.05, 0) is 41.8 Å². The van der Waals surface area contributed by atoms with E-state index in [1.165, 1.54) is 6.08 Å². The van der Waals surface area contributed by atoms with Crippen LogP contribution in [0.5, 0.6) is 0 Å². The van der Waals surface area contributed by atoms with Crippen LogP contribution >= 0.6 is 0 Å². The van der Waals surface area contributed by atoms with Crippen molar-refractivity contribution in [3.05, 3.63) is 108 Å². The topological polar surface area (TPSA) is 75.3 Å². The molecule has 160 valence electrons. The van der Waals surface area contributed by atoms with Crippen molar-refractivity contribution in [2.45, 2.75) is 12.3 Å². The lowest BCUT2D eigenvalue weighted by atomic mass is 9.76. The highest BCUT2D eigenvalue weighted by molar-refractivity contribution is 7.92. The number of amides is 1. The van der Waals surface area contributed by atoms with Crippen molar-refractivity contribution in [1.82, 2.24) is 5.32 Å². The summed E-state index contributed by atoms with van der Waals surface area (Å²) in [6.07, 6.45) is 4.28. The Bertz CT molecular complexity index is 1100. The van der Waals surface area contributed by atoms with Gasteiger partial charge < -0.3 is 5.32 Å². The zero-order valence-corrected chi connectivity index (χ0v) is 18.4. The minimum absolute atomic E-state index is 0.198. The maximum Gasteiger partial charge on any atom is 0.244 e. The fourth-order valence-corrected chi connectivity index (χ4v) is 3.92. The van der Waals surface area contributed by atoms with Crippen LogP contribution in [0.2, 0.25) is 0 Å². The van der Waals surface area contributed by atoms with Gasteiger partial charge in [-0.3, -0.25) is 9.52 Å². The summed E-state index contributed by atoms with van der Waals surface area (Å²) in [7, 11) is -3.32. The summed E-state index contributed by atoms with van der Waals surface area (Å²) in [4.78, 5) is 12.5. The molecule has 0 aliphatic carbocycles. The van der Waals surface area contributed by atoms with E-state index in [2.05, 4.69) is 41.2 Å². The van der Waals surface area contributed by atoms with Crippen LogP contribution in [0.15, 0.2) is 91.0 Å². The van der Waals surface area contributed by atoms with Gasteiger partial charge in [-0.25, -0.2) is 8.42 Å². The van der Waals surface area contributed by atoms with Crippen LogP contribution in [-0.2, 0) is 20.2 Å². The molecule has 0 aliphatic heterocycles. The van der Waals surface area contributed by atoms with E-state index in [-0.39, 0.29) is 11.3 Å². The fourth-order valence-electron chi connectivity index (χ4n) is 3.35. The van der Waals surface area contributed by atoms with Crippen molar-refractivity contribution < 1.29 is 13.2 Å². The lowest BCUT2D eigenvalue weighted by Crippen LogP contribution is -2.39. The normalized spacial score (nSPS) is 11.9. The highest BCUT2D eigenvalue weighted by Crippen LogP contribution is 2.31. The van der Waals surface area contributed by atoms with Gasteiger partial charge in [0.1, 0.15) is 0 Å². The van der Waals surface area contributed by atoms with Crippen LogP contribution < -0.4 is 10.0 Å². The van der Waals surface area contributed by atoms with Crippen LogP contribution in [0.1, 0.15) is 23.6 Å². The van der Waals surface area contributed by atoms with E-state index in [0.29, 0.717) is 12.2 Å². The van der Waals surface area contributed by atoms with E-state index in [1.807, 2.05) is 36.4 Å². The zero-order valence-electron chi connectivity index (χ0n) is 17.6. The summed E-state index contributed by atoms with van der Waals surface area (Å²) in [6, 6.07) is 27.0. The maximum atomic E-state index is 12.5. The van der Waals surface area contributed by atoms with E-state index in [0.717, 1.165) is 22.9 Å². The second-order valence-corrected chi connectivity index (χ2v) is 9.36. The number of anilines is 1. The molecule has 31 heavy (non-hydrogen) atoms. The molecule has 0 saturated heterocycles. The van der Waals surface area contributed by atoms with Gasteiger partial charge in [0, 0.05) is 23.7 Å². The number of nitrogens with one attached hydrogen (secondary N) is 2. The zero-order chi connectivity index (χ0) is 22.3. The summed E-state index contributed by atoms with van der Waals surface area (Å²) in [6.45, 7) is 2.57. The van der Waals surface area contributed by atoms with Gasteiger partial charge in [0.15, 0.2) is 0 Å². The van der Waals surface area contributed by atoms with Gasteiger partial charge in [-0.15, -0.1) is 0 Å². The Morgan fingerprint density at radius 3 is 1.87 bits per heavy atom. The van der Waals surface area contributed by atoms with Crippen molar-refractivity contribution in [3.63, 3.8) is 0 Å². The first-order chi connectivity index (χ1) is 14.8. The Morgan fingerprint density at radius 1 is 0.871 bits per heavy atom. The molecule has 0 aromatic heterocycles. The highest BCUT2D eigenvalue weighted by atomic mass is 32.2. The van der Waals surface area contributed by atoms with Crippen molar-refractivity contribution in [2.24, 2.45) is 0 Å².